The Hall–Kier alpha value is -2.27. The van der Waals surface area contributed by atoms with Crippen LogP contribution in [-0.2, 0) is 11.2 Å². The molecule has 0 spiro atoms. The van der Waals surface area contributed by atoms with Gasteiger partial charge in [-0.05, 0) is 48.7 Å². The van der Waals surface area contributed by atoms with Crippen LogP contribution in [-0.4, -0.2) is 55.1 Å². The first kappa shape index (κ1) is 17.2. The molecule has 4 rings (SSSR count). The van der Waals surface area contributed by atoms with E-state index in [1.165, 1.54) is 5.56 Å². The van der Waals surface area contributed by atoms with Crippen LogP contribution in [0.15, 0.2) is 42.6 Å². The molecule has 0 saturated carbocycles. The first-order valence-corrected chi connectivity index (χ1v) is 9.55. The standard InChI is InChI=1S/C20H23ClN4O/c21-17-6-7-18-16(14-17)4-3-9-25(18)15-20(26)24-12-10-23(11-13-24)19-5-1-2-8-22-19/h1-2,5-8,14H,3-4,9-13,15H2. The lowest BCUT2D eigenvalue weighted by molar-refractivity contribution is -0.130. The summed E-state index contributed by atoms with van der Waals surface area (Å²) in [5.74, 6) is 1.19. The van der Waals surface area contributed by atoms with Crippen molar-refractivity contribution in [2.45, 2.75) is 12.8 Å². The summed E-state index contributed by atoms with van der Waals surface area (Å²) >= 11 is 6.11. The van der Waals surface area contributed by atoms with Gasteiger partial charge in [0.05, 0.1) is 6.54 Å². The van der Waals surface area contributed by atoms with Crippen molar-refractivity contribution < 1.29 is 4.79 Å². The quantitative estimate of drug-likeness (QED) is 0.833. The molecule has 5 nitrogen and oxygen atoms in total. The molecule has 0 atom stereocenters. The van der Waals surface area contributed by atoms with Crippen LogP contribution in [0, 0.1) is 0 Å². The number of carbonyl (C=O) groups is 1. The minimum atomic E-state index is 0.202. The van der Waals surface area contributed by atoms with E-state index in [0.29, 0.717) is 6.54 Å². The van der Waals surface area contributed by atoms with E-state index < -0.39 is 0 Å². The van der Waals surface area contributed by atoms with Crippen LogP contribution in [0.3, 0.4) is 0 Å². The molecule has 1 amide bonds. The molecule has 26 heavy (non-hydrogen) atoms. The monoisotopic (exact) mass is 370 g/mol. The molecule has 2 aromatic rings. The lowest BCUT2D eigenvalue weighted by atomic mass is 10.0. The predicted molar refractivity (Wildman–Crippen MR) is 105 cm³/mol. The SMILES string of the molecule is O=C(CN1CCCc2cc(Cl)ccc21)N1CCN(c2ccccn2)CC1. The number of benzene rings is 1. The summed E-state index contributed by atoms with van der Waals surface area (Å²) < 4.78 is 0. The van der Waals surface area contributed by atoms with Gasteiger partial charge in [0.1, 0.15) is 5.82 Å². The third-order valence-corrected chi connectivity index (χ3v) is 5.42. The Kier molecular flexibility index (Phi) is 4.98. The van der Waals surface area contributed by atoms with Crippen LogP contribution >= 0.6 is 11.6 Å². The second kappa shape index (κ2) is 7.54. The van der Waals surface area contributed by atoms with Crippen LogP contribution in [0.2, 0.25) is 5.02 Å². The molecule has 0 radical (unpaired) electrons. The van der Waals surface area contributed by atoms with Crippen LogP contribution in [0.4, 0.5) is 11.5 Å². The molecular formula is C20H23ClN4O. The molecule has 2 aliphatic rings. The van der Waals surface area contributed by atoms with E-state index in [0.717, 1.165) is 62.1 Å². The van der Waals surface area contributed by atoms with Gasteiger partial charge in [-0.25, -0.2) is 4.98 Å². The smallest absolute Gasteiger partial charge is 0.242 e. The number of hydrogen-bond donors (Lipinski definition) is 0. The molecule has 6 heteroatoms. The van der Waals surface area contributed by atoms with Gasteiger partial charge in [0.15, 0.2) is 0 Å². The Labute approximate surface area is 159 Å². The van der Waals surface area contributed by atoms with Crippen molar-refractivity contribution in [1.29, 1.82) is 0 Å². The van der Waals surface area contributed by atoms with Crippen molar-refractivity contribution in [2.75, 3.05) is 49.1 Å². The first-order chi connectivity index (χ1) is 12.7. The second-order valence-electron chi connectivity index (χ2n) is 6.85. The first-order valence-electron chi connectivity index (χ1n) is 9.18. The van der Waals surface area contributed by atoms with Gasteiger partial charge in [0, 0.05) is 49.6 Å². The Morgan fingerprint density at radius 2 is 1.92 bits per heavy atom. The Bertz CT molecular complexity index is 775. The number of aryl methyl sites for hydroxylation is 1. The zero-order chi connectivity index (χ0) is 17.9. The molecule has 1 aromatic carbocycles. The Balaban J connectivity index is 1.37. The molecule has 0 N–H and O–H groups in total. The highest BCUT2D eigenvalue weighted by atomic mass is 35.5. The number of nitrogens with zero attached hydrogens (tertiary/aromatic N) is 4. The van der Waals surface area contributed by atoms with Gasteiger partial charge in [-0.1, -0.05) is 17.7 Å². The number of fused-ring (bicyclic) bond motifs is 1. The van der Waals surface area contributed by atoms with Gasteiger partial charge in [-0.2, -0.15) is 0 Å². The number of amides is 1. The average Bonchev–Trinajstić information content (AvgIpc) is 2.69. The molecule has 2 aliphatic heterocycles. The van der Waals surface area contributed by atoms with Crippen molar-refractivity contribution in [1.82, 2.24) is 9.88 Å². The summed E-state index contributed by atoms with van der Waals surface area (Å²) in [5, 5.41) is 0.766. The van der Waals surface area contributed by atoms with Gasteiger partial charge in [0.25, 0.3) is 0 Å². The lowest BCUT2D eigenvalue weighted by Gasteiger charge is -2.37. The topological polar surface area (TPSA) is 39.7 Å². The van der Waals surface area contributed by atoms with Gasteiger partial charge >= 0.3 is 0 Å². The number of aromatic nitrogens is 1. The van der Waals surface area contributed by atoms with Gasteiger partial charge < -0.3 is 14.7 Å². The molecular weight excluding hydrogens is 348 g/mol. The second-order valence-corrected chi connectivity index (χ2v) is 7.29. The Morgan fingerprint density at radius 1 is 1.08 bits per heavy atom. The van der Waals surface area contributed by atoms with E-state index in [-0.39, 0.29) is 5.91 Å². The molecule has 136 valence electrons. The summed E-state index contributed by atoms with van der Waals surface area (Å²) in [6.07, 6.45) is 3.91. The third kappa shape index (κ3) is 3.63. The van der Waals surface area contributed by atoms with Gasteiger partial charge in [0.2, 0.25) is 5.91 Å². The minimum absolute atomic E-state index is 0.202. The minimum Gasteiger partial charge on any atom is -0.362 e. The highest BCUT2D eigenvalue weighted by molar-refractivity contribution is 6.30. The van der Waals surface area contributed by atoms with E-state index in [9.17, 15) is 4.79 Å². The van der Waals surface area contributed by atoms with Gasteiger partial charge in [-0.15, -0.1) is 0 Å². The van der Waals surface area contributed by atoms with Crippen molar-refractivity contribution in [2.24, 2.45) is 0 Å². The fourth-order valence-electron chi connectivity index (χ4n) is 3.80. The normalized spacial score (nSPS) is 17.2. The zero-order valence-electron chi connectivity index (χ0n) is 14.8. The average molecular weight is 371 g/mol. The maximum Gasteiger partial charge on any atom is 0.242 e. The van der Waals surface area contributed by atoms with E-state index in [1.54, 1.807) is 0 Å². The van der Waals surface area contributed by atoms with E-state index in [1.807, 2.05) is 47.5 Å². The van der Waals surface area contributed by atoms with Crippen LogP contribution in [0.5, 0.6) is 0 Å². The molecule has 0 aliphatic carbocycles. The van der Waals surface area contributed by atoms with E-state index in [4.69, 9.17) is 11.6 Å². The summed E-state index contributed by atoms with van der Waals surface area (Å²) in [6.45, 7) is 4.52. The number of pyridine rings is 1. The number of halogens is 1. The van der Waals surface area contributed by atoms with Crippen molar-refractivity contribution in [3.63, 3.8) is 0 Å². The lowest BCUT2D eigenvalue weighted by Crippen LogP contribution is -2.52. The Morgan fingerprint density at radius 3 is 2.69 bits per heavy atom. The van der Waals surface area contributed by atoms with Crippen molar-refractivity contribution >= 4 is 29.0 Å². The molecule has 1 aromatic heterocycles. The maximum atomic E-state index is 12.8. The highest BCUT2D eigenvalue weighted by Crippen LogP contribution is 2.29. The fourth-order valence-corrected chi connectivity index (χ4v) is 3.99. The van der Waals surface area contributed by atoms with Gasteiger partial charge in [-0.3, -0.25) is 4.79 Å². The maximum absolute atomic E-state index is 12.8. The van der Waals surface area contributed by atoms with E-state index >= 15 is 0 Å². The molecule has 0 bridgehead atoms. The molecule has 3 heterocycles. The highest BCUT2D eigenvalue weighted by Gasteiger charge is 2.25. The van der Waals surface area contributed by atoms with Crippen LogP contribution < -0.4 is 9.80 Å². The summed E-state index contributed by atoms with van der Waals surface area (Å²) in [7, 11) is 0. The fraction of sp³-hybridized carbons (Fsp3) is 0.400. The molecule has 1 saturated heterocycles. The summed E-state index contributed by atoms with van der Waals surface area (Å²) in [6, 6.07) is 11.9. The predicted octanol–water partition coefficient (Wildman–Crippen LogP) is 2.84. The van der Waals surface area contributed by atoms with E-state index in [2.05, 4.69) is 14.8 Å². The third-order valence-electron chi connectivity index (χ3n) is 5.19. The zero-order valence-corrected chi connectivity index (χ0v) is 15.5. The largest absolute Gasteiger partial charge is 0.362 e. The molecule has 0 unspecified atom stereocenters. The van der Waals surface area contributed by atoms with Crippen molar-refractivity contribution in [3.05, 3.63) is 53.2 Å². The number of piperazine rings is 1. The summed E-state index contributed by atoms with van der Waals surface area (Å²) in [5.41, 5.74) is 2.40. The molecule has 1 fully saturated rings. The van der Waals surface area contributed by atoms with Crippen LogP contribution in [0.1, 0.15) is 12.0 Å². The number of hydrogen-bond acceptors (Lipinski definition) is 4. The summed E-state index contributed by atoms with van der Waals surface area (Å²) in [4.78, 5) is 23.6. The number of anilines is 2. The number of carbonyl (C=O) groups excluding carboxylic acids is 1. The van der Waals surface area contributed by atoms with Crippen LogP contribution in [0.25, 0.3) is 0 Å². The van der Waals surface area contributed by atoms with Crippen molar-refractivity contribution in [3.8, 4) is 0 Å². The number of rotatable bonds is 3.